The molecule has 1 aliphatic rings. The van der Waals surface area contributed by atoms with Crippen LogP contribution in [-0.2, 0) is 9.47 Å². The Bertz CT molecular complexity index is 423. The first-order valence-corrected chi connectivity index (χ1v) is 6.57. The number of aliphatic hydroxyl groups excluding tert-OH is 1. The number of ether oxygens (including phenoxy) is 2. The molecule has 1 aliphatic heterocycles. The van der Waals surface area contributed by atoms with E-state index in [1.807, 2.05) is 11.8 Å². The Morgan fingerprint density at radius 3 is 3.17 bits per heavy atom. The number of hydrogen-bond donors (Lipinski definition) is 1. The van der Waals surface area contributed by atoms with Crippen molar-refractivity contribution in [2.75, 3.05) is 31.7 Å². The molecule has 2 unspecified atom stereocenters. The van der Waals surface area contributed by atoms with Crippen molar-refractivity contribution in [3.05, 3.63) is 11.1 Å². The average Bonchev–Trinajstić information content (AvgIpc) is 2.86. The van der Waals surface area contributed by atoms with E-state index in [-0.39, 0.29) is 18.8 Å². The van der Waals surface area contributed by atoms with E-state index in [0.29, 0.717) is 18.8 Å². The number of thiazole rings is 1. The number of methoxy groups -OCH3 is 1. The van der Waals surface area contributed by atoms with Gasteiger partial charge in [-0.15, -0.1) is 11.3 Å². The van der Waals surface area contributed by atoms with Gasteiger partial charge in [-0.05, 0) is 6.92 Å². The van der Waals surface area contributed by atoms with Gasteiger partial charge < -0.3 is 19.5 Å². The number of esters is 1. The fourth-order valence-electron chi connectivity index (χ4n) is 1.91. The van der Waals surface area contributed by atoms with Gasteiger partial charge in [-0.25, -0.2) is 9.78 Å². The van der Waals surface area contributed by atoms with Crippen molar-refractivity contribution in [3.63, 3.8) is 0 Å². The number of hydrogen-bond acceptors (Lipinski definition) is 7. The van der Waals surface area contributed by atoms with Crippen molar-refractivity contribution in [1.29, 1.82) is 0 Å². The maximum absolute atomic E-state index is 11.3. The predicted octanol–water partition coefficient (Wildman–Crippen LogP) is 0.516. The molecule has 1 saturated heterocycles. The van der Waals surface area contributed by atoms with Gasteiger partial charge in [0.2, 0.25) is 0 Å². The number of rotatable bonds is 3. The molecule has 6 nitrogen and oxygen atoms in total. The van der Waals surface area contributed by atoms with Crippen molar-refractivity contribution in [1.82, 2.24) is 4.98 Å². The molecule has 0 aliphatic carbocycles. The third kappa shape index (κ3) is 2.80. The van der Waals surface area contributed by atoms with Crippen molar-refractivity contribution in [2.24, 2.45) is 0 Å². The molecule has 2 atom stereocenters. The normalized spacial score (nSPS) is 24.1. The maximum Gasteiger partial charge on any atom is 0.357 e. The number of anilines is 1. The number of nitrogens with zero attached hydrogens (tertiary/aromatic N) is 2. The van der Waals surface area contributed by atoms with E-state index in [4.69, 9.17) is 9.84 Å². The van der Waals surface area contributed by atoms with E-state index in [1.54, 1.807) is 5.38 Å². The summed E-state index contributed by atoms with van der Waals surface area (Å²) in [7, 11) is 1.33. The molecule has 2 rings (SSSR count). The van der Waals surface area contributed by atoms with Crippen molar-refractivity contribution in [2.45, 2.75) is 19.1 Å². The minimum absolute atomic E-state index is 0.0178. The van der Waals surface area contributed by atoms with Crippen LogP contribution < -0.4 is 4.90 Å². The van der Waals surface area contributed by atoms with Crippen LogP contribution in [0.4, 0.5) is 5.13 Å². The zero-order valence-corrected chi connectivity index (χ0v) is 11.1. The molecule has 0 aromatic carbocycles. The van der Waals surface area contributed by atoms with E-state index in [2.05, 4.69) is 9.72 Å². The lowest BCUT2D eigenvalue weighted by Crippen LogP contribution is -2.48. The Morgan fingerprint density at radius 2 is 2.50 bits per heavy atom. The third-order valence-electron chi connectivity index (χ3n) is 2.69. The molecule has 0 saturated carbocycles. The second-order valence-electron chi connectivity index (χ2n) is 4.16. The molecule has 1 N–H and O–H groups in total. The summed E-state index contributed by atoms with van der Waals surface area (Å²) in [4.78, 5) is 17.6. The minimum Gasteiger partial charge on any atom is -0.464 e. The van der Waals surface area contributed by atoms with Crippen LogP contribution in [-0.4, -0.2) is 55.1 Å². The fourth-order valence-corrected chi connectivity index (χ4v) is 2.73. The largest absolute Gasteiger partial charge is 0.464 e. The summed E-state index contributed by atoms with van der Waals surface area (Å²) >= 11 is 1.39. The molecule has 1 fully saturated rings. The Hall–Kier alpha value is -1.18. The van der Waals surface area contributed by atoms with Crippen LogP contribution in [0.3, 0.4) is 0 Å². The molecule has 2 heterocycles. The predicted molar refractivity (Wildman–Crippen MR) is 67.1 cm³/mol. The third-order valence-corrected chi connectivity index (χ3v) is 3.59. The first-order valence-electron chi connectivity index (χ1n) is 5.69. The molecule has 1 aromatic heterocycles. The van der Waals surface area contributed by atoms with Gasteiger partial charge in [-0.1, -0.05) is 0 Å². The first-order chi connectivity index (χ1) is 8.63. The summed E-state index contributed by atoms with van der Waals surface area (Å²) in [5, 5.41) is 11.6. The van der Waals surface area contributed by atoms with Gasteiger partial charge in [0.25, 0.3) is 0 Å². The second kappa shape index (κ2) is 5.64. The van der Waals surface area contributed by atoms with E-state index in [1.165, 1.54) is 18.4 Å². The topological polar surface area (TPSA) is 71.9 Å². The SMILES string of the molecule is COC(=O)c1csc(N2CC(C)OC(CO)C2)n1. The van der Waals surface area contributed by atoms with Crippen LogP contribution in [0, 0.1) is 0 Å². The van der Waals surface area contributed by atoms with Gasteiger partial charge >= 0.3 is 5.97 Å². The lowest BCUT2D eigenvalue weighted by Gasteiger charge is -2.35. The molecule has 100 valence electrons. The number of carbonyl (C=O) groups excluding carboxylic acids is 1. The molecule has 0 amide bonds. The summed E-state index contributed by atoms with van der Waals surface area (Å²) in [6, 6.07) is 0. The fraction of sp³-hybridized carbons (Fsp3) is 0.636. The highest BCUT2D eigenvalue weighted by molar-refractivity contribution is 7.13. The smallest absolute Gasteiger partial charge is 0.357 e. The summed E-state index contributed by atoms with van der Waals surface area (Å²) in [6.07, 6.45) is -0.180. The number of carbonyl (C=O) groups is 1. The zero-order chi connectivity index (χ0) is 13.1. The Balaban J connectivity index is 2.10. The Kier molecular flexibility index (Phi) is 4.15. The molecular weight excluding hydrogens is 256 g/mol. The van der Waals surface area contributed by atoms with Gasteiger partial charge in [0, 0.05) is 18.5 Å². The van der Waals surface area contributed by atoms with Crippen LogP contribution in [0.25, 0.3) is 0 Å². The van der Waals surface area contributed by atoms with Crippen LogP contribution in [0.5, 0.6) is 0 Å². The quantitative estimate of drug-likeness (QED) is 0.809. The zero-order valence-electron chi connectivity index (χ0n) is 10.3. The molecule has 1 aromatic rings. The minimum atomic E-state index is -0.433. The Labute approximate surface area is 109 Å². The summed E-state index contributed by atoms with van der Waals surface area (Å²) < 4.78 is 10.2. The summed E-state index contributed by atoms with van der Waals surface area (Å²) in [5.74, 6) is -0.433. The van der Waals surface area contributed by atoms with E-state index < -0.39 is 5.97 Å². The van der Waals surface area contributed by atoms with Crippen LogP contribution >= 0.6 is 11.3 Å². The van der Waals surface area contributed by atoms with Crippen molar-refractivity contribution in [3.8, 4) is 0 Å². The van der Waals surface area contributed by atoms with Crippen LogP contribution in [0.15, 0.2) is 5.38 Å². The maximum atomic E-state index is 11.3. The average molecular weight is 272 g/mol. The summed E-state index contributed by atoms with van der Waals surface area (Å²) in [5.41, 5.74) is 0.317. The monoisotopic (exact) mass is 272 g/mol. The van der Waals surface area contributed by atoms with Crippen molar-refractivity contribution < 1.29 is 19.4 Å². The number of morpholine rings is 1. The molecule has 0 bridgehead atoms. The van der Waals surface area contributed by atoms with Crippen LogP contribution in [0.2, 0.25) is 0 Å². The molecule has 7 heteroatoms. The first kappa shape index (κ1) is 13.3. The van der Waals surface area contributed by atoms with Gasteiger partial charge in [-0.2, -0.15) is 0 Å². The summed E-state index contributed by atoms with van der Waals surface area (Å²) in [6.45, 7) is 3.21. The lowest BCUT2D eigenvalue weighted by atomic mass is 10.2. The lowest BCUT2D eigenvalue weighted by molar-refractivity contribution is -0.0421. The highest BCUT2D eigenvalue weighted by Gasteiger charge is 2.27. The highest BCUT2D eigenvalue weighted by Crippen LogP contribution is 2.24. The standard InChI is InChI=1S/C11H16N2O4S/c1-7-3-13(4-8(5-14)17-7)11-12-9(6-18-11)10(15)16-2/h6-8,14H,3-5H2,1-2H3. The molecule has 18 heavy (non-hydrogen) atoms. The molecular formula is C11H16N2O4S. The Morgan fingerprint density at radius 1 is 1.72 bits per heavy atom. The van der Waals surface area contributed by atoms with E-state index in [0.717, 1.165) is 5.13 Å². The van der Waals surface area contributed by atoms with E-state index >= 15 is 0 Å². The van der Waals surface area contributed by atoms with Gasteiger partial charge in [0.05, 0.1) is 25.9 Å². The van der Waals surface area contributed by atoms with Gasteiger partial charge in [0.15, 0.2) is 10.8 Å². The van der Waals surface area contributed by atoms with Crippen LogP contribution in [0.1, 0.15) is 17.4 Å². The molecule has 0 radical (unpaired) electrons. The molecule has 0 spiro atoms. The van der Waals surface area contributed by atoms with Gasteiger partial charge in [0.1, 0.15) is 0 Å². The van der Waals surface area contributed by atoms with Gasteiger partial charge in [-0.3, -0.25) is 0 Å². The highest BCUT2D eigenvalue weighted by atomic mass is 32.1. The van der Waals surface area contributed by atoms with E-state index in [9.17, 15) is 4.79 Å². The second-order valence-corrected chi connectivity index (χ2v) is 5.00. The number of aromatic nitrogens is 1. The number of aliphatic hydroxyl groups is 1. The van der Waals surface area contributed by atoms with Crippen molar-refractivity contribution >= 4 is 22.4 Å².